The molecule has 1 aromatic carbocycles. The fourth-order valence-electron chi connectivity index (χ4n) is 2.18. The third-order valence-electron chi connectivity index (χ3n) is 3.21. The monoisotopic (exact) mass is 341 g/mol. The Bertz CT molecular complexity index is 779. The van der Waals surface area contributed by atoms with Crippen molar-refractivity contribution in [1.29, 1.82) is 0 Å². The SMILES string of the molecule is NC(=O)c1cc(-c2ccncc2)[nH]c1-c1ccc(Br)cc1. The van der Waals surface area contributed by atoms with Crippen molar-refractivity contribution in [3.05, 3.63) is 64.9 Å². The van der Waals surface area contributed by atoms with Crippen molar-refractivity contribution in [1.82, 2.24) is 9.97 Å². The van der Waals surface area contributed by atoms with Crippen LogP contribution in [0.1, 0.15) is 10.4 Å². The van der Waals surface area contributed by atoms with E-state index in [-0.39, 0.29) is 0 Å². The second-order valence-electron chi connectivity index (χ2n) is 4.58. The number of amides is 1. The number of hydrogen-bond donors (Lipinski definition) is 2. The van der Waals surface area contributed by atoms with Crippen LogP contribution in [0.25, 0.3) is 22.5 Å². The standard InChI is InChI=1S/C16H12BrN3O/c17-12-3-1-11(2-4-12)15-13(16(18)21)9-14(20-15)10-5-7-19-8-6-10/h1-9,20H,(H2,18,21). The molecule has 0 aliphatic rings. The van der Waals surface area contributed by atoms with Gasteiger partial charge in [-0.15, -0.1) is 0 Å². The van der Waals surface area contributed by atoms with Gasteiger partial charge in [-0.1, -0.05) is 28.1 Å². The van der Waals surface area contributed by atoms with Crippen LogP contribution < -0.4 is 5.73 Å². The van der Waals surface area contributed by atoms with E-state index in [9.17, 15) is 4.79 Å². The number of benzene rings is 1. The van der Waals surface area contributed by atoms with Crippen molar-refractivity contribution < 1.29 is 4.79 Å². The van der Waals surface area contributed by atoms with Gasteiger partial charge >= 0.3 is 0 Å². The van der Waals surface area contributed by atoms with Gasteiger partial charge in [0.05, 0.1) is 11.3 Å². The molecule has 0 saturated heterocycles. The molecule has 3 rings (SSSR count). The zero-order chi connectivity index (χ0) is 14.8. The quantitative estimate of drug-likeness (QED) is 0.763. The first kappa shape index (κ1) is 13.6. The summed E-state index contributed by atoms with van der Waals surface area (Å²) >= 11 is 3.40. The first-order chi connectivity index (χ1) is 10.1. The van der Waals surface area contributed by atoms with Crippen LogP contribution in [0, 0.1) is 0 Å². The second kappa shape index (κ2) is 5.54. The predicted octanol–water partition coefficient (Wildman–Crippen LogP) is 3.61. The minimum atomic E-state index is -0.454. The summed E-state index contributed by atoms with van der Waals surface area (Å²) in [6, 6.07) is 13.2. The number of pyridine rings is 1. The molecule has 3 aromatic rings. The summed E-state index contributed by atoms with van der Waals surface area (Å²) in [5.41, 5.74) is 9.39. The Balaban J connectivity index is 2.14. The minimum Gasteiger partial charge on any atom is -0.366 e. The van der Waals surface area contributed by atoms with E-state index in [0.29, 0.717) is 5.56 Å². The number of primary amides is 1. The smallest absolute Gasteiger partial charge is 0.250 e. The molecule has 2 heterocycles. The van der Waals surface area contributed by atoms with E-state index >= 15 is 0 Å². The van der Waals surface area contributed by atoms with Gasteiger partial charge in [-0.2, -0.15) is 0 Å². The summed E-state index contributed by atoms with van der Waals surface area (Å²) < 4.78 is 0.979. The third-order valence-corrected chi connectivity index (χ3v) is 3.74. The van der Waals surface area contributed by atoms with Crippen molar-refractivity contribution >= 4 is 21.8 Å². The van der Waals surface area contributed by atoms with Gasteiger partial charge in [-0.05, 0) is 35.9 Å². The number of H-pyrrole nitrogens is 1. The first-order valence-electron chi connectivity index (χ1n) is 6.34. The van der Waals surface area contributed by atoms with Gasteiger partial charge in [-0.3, -0.25) is 9.78 Å². The molecule has 0 aliphatic heterocycles. The molecule has 0 atom stereocenters. The highest BCUT2D eigenvalue weighted by atomic mass is 79.9. The fourth-order valence-corrected chi connectivity index (χ4v) is 2.44. The van der Waals surface area contributed by atoms with Crippen LogP contribution in [0.15, 0.2) is 59.3 Å². The number of carbonyl (C=O) groups is 1. The lowest BCUT2D eigenvalue weighted by Gasteiger charge is -2.02. The molecule has 1 amide bonds. The van der Waals surface area contributed by atoms with Gasteiger partial charge in [0.2, 0.25) is 0 Å². The first-order valence-corrected chi connectivity index (χ1v) is 7.13. The number of nitrogens with one attached hydrogen (secondary N) is 1. The number of nitrogens with zero attached hydrogens (tertiary/aromatic N) is 1. The van der Waals surface area contributed by atoms with Gasteiger partial charge in [0.25, 0.3) is 5.91 Å². The maximum atomic E-state index is 11.7. The van der Waals surface area contributed by atoms with Gasteiger partial charge < -0.3 is 10.7 Å². The maximum absolute atomic E-state index is 11.7. The van der Waals surface area contributed by atoms with Crippen molar-refractivity contribution in [2.24, 2.45) is 5.73 Å². The Hall–Kier alpha value is -2.40. The lowest BCUT2D eigenvalue weighted by molar-refractivity contribution is 0.100. The van der Waals surface area contributed by atoms with Crippen molar-refractivity contribution in [3.8, 4) is 22.5 Å². The van der Waals surface area contributed by atoms with Crippen LogP contribution in [0.5, 0.6) is 0 Å². The van der Waals surface area contributed by atoms with Gasteiger partial charge in [0, 0.05) is 28.1 Å². The number of aromatic nitrogens is 2. The Kier molecular flexibility index (Phi) is 3.58. The molecule has 4 nitrogen and oxygen atoms in total. The van der Waals surface area contributed by atoms with E-state index in [4.69, 9.17) is 5.73 Å². The summed E-state index contributed by atoms with van der Waals surface area (Å²) in [4.78, 5) is 19.0. The number of nitrogens with two attached hydrogens (primary N) is 1. The molecule has 21 heavy (non-hydrogen) atoms. The molecular weight excluding hydrogens is 330 g/mol. The van der Waals surface area contributed by atoms with E-state index in [1.807, 2.05) is 36.4 Å². The van der Waals surface area contributed by atoms with Gasteiger partial charge in [-0.25, -0.2) is 0 Å². The van der Waals surface area contributed by atoms with Crippen LogP contribution in [-0.4, -0.2) is 15.9 Å². The van der Waals surface area contributed by atoms with Crippen molar-refractivity contribution in [2.45, 2.75) is 0 Å². The van der Waals surface area contributed by atoms with E-state index in [1.54, 1.807) is 18.5 Å². The molecule has 3 N–H and O–H groups in total. The van der Waals surface area contributed by atoms with Crippen LogP contribution in [-0.2, 0) is 0 Å². The van der Waals surface area contributed by atoms with Crippen LogP contribution in [0.2, 0.25) is 0 Å². The molecule has 0 unspecified atom stereocenters. The largest absolute Gasteiger partial charge is 0.366 e. The number of aromatic amines is 1. The van der Waals surface area contributed by atoms with Gasteiger partial charge in [0.15, 0.2) is 0 Å². The Morgan fingerprint density at radius 2 is 1.71 bits per heavy atom. The van der Waals surface area contributed by atoms with E-state index in [0.717, 1.165) is 27.0 Å². The maximum Gasteiger partial charge on any atom is 0.250 e. The Morgan fingerprint density at radius 1 is 1.05 bits per heavy atom. The summed E-state index contributed by atoms with van der Waals surface area (Å²) in [5, 5.41) is 0. The summed E-state index contributed by atoms with van der Waals surface area (Å²) in [6.45, 7) is 0. The summed E-state index contributed by atoms with van der Waals surface area (Å²) in [5.74, 6) is -0.454. The van der Waals surface area contributed by atoms with E-state index in [1.165, 1.54) is 0 Å². The fraction of sp³-hybridized carbons (Fsp3) is 0. The lowest BCUT2D eigenvalue weighted by Crippen LogP contribution is -2.11. The number of rotatable bonds is 3. The predicted molar refractivity (Wildman–Crippen MR) is 85.7 cm³/mol. The minimum absolute atomic E-state index is 0.454. The molecule has 2 aromatic heterocycles. The van der Waals surface area contributed by atoms with Crippen LogP contribution >= 0.6 is 15.9 Å². The second-order valence-corrected chi connectivity index (χ2v) is 5.49. The average molecular weight is 342 g/mol. The summed E-state index contributed by atoms with van der Waals surface area (Å²) in [7, 11) is 0. The van der Waals surface area contributed by atoms with Gasteiger partial charge in [0.1, 0.15) is 0 Å². The van der Waals surface area contributed by atoms with E-state index in [2.05, 4.69) is 25.9 Å². The molecule has 0 bridgehead atoms. The number of hydrogen-bond acceptors (Lipinski definition) is 2. The molecule has 0 aliphatic carbocycles. The number of carbonyl (C=O) groups excluding carboxylic acids is 1. The third kappa shape index (κ3) is 2.73. The highest BCUT2D eigenvalue weighted by molar-refractivity contribution is 9.10. The molecule has 104 valence electrons. The topological polar surface area (TPSA) is 71.8 Å². The average Bonchev–Trinajstić information content (AvgIpc) is 2.94. The normalized spacial score (nSPS) is 10.5. The molecule has 0 spiro atoms. The summed E-state index contributed by atoms with van der Waals surface area (Å²) in [6.07, 6.45) is 3.42. The highest BCUT2D eigenvalue weighted by Gasteiger charge is 2.15. The van der Waals surface area contributed by atoms with E-state index < -0.39 is 5.91 Å². The Morgan fingerprint density at radius 3 is 2.33 bits per heavy atom. The molecule has 0 fully saturated rings. The highest BCUT2D eigenvalue weighted by Crippen LogP contribution is 2.29. The van der Waals surface area contributed by atoms with Crippen molar-refractivity contribution in [2.75, 3.05) is 0 Å². The molecule has 0 radical (unpaired) electrons. The van der Waals surface area contributed by atoms with Crippen LogP contribution in [0.3, 0.4) is 0 Å². The zero-order valence-electron chi connectivity index (χ0n) is 11.0. The molecule has 0 saturated carbocycles. The zero-order valence-corrected chi connectivity index (χ0v) is 12.6. The number of halogens is 1. The molecule has 5 heteroatoms. The molecular formula is C16H12BrN3O. The van der Waals surface area contributed by atoms with Crippen molar-refractivity contribution in [3.63, 3.8) is 0 Å². The lowest BCUT2D eigenvalue weighted by atomic mass is 10.1. The van der Waals surface area contributed by atoms with Crippen LogP contribution in [0.4, 0.5) is 0 Å². The Labute approximate surface area is 130 Å².